The van der Waals surface area contributed by atoms with E-state index in [2.05, 4.69) is 11.1 Å². The van der Waals surface area contributed by atoms with Crippen molar-refractivity contribution in [3.63, 3.8) is 0 Å². The molecular weight excluding hydrogens is 379 g/mol. The van der Waals surface area contributed by atoms with Crippen molar-refractivity contribution in [1.82, 2.24) is 14.5 Å². The minimum Gasteiger partial charge on any atom is -0.352 e. The molecule has 0 radical (unpaired) electrons. The number of hydrogen-bond acceptors (Lipinski definition) is 4. The number of fused-ring (bicyclic) bond motifs is 1. The Morgan fingerprint density at radius 1 is 1.24 bits per heavy atom. The van der Waals surface area contributed by atoms with E-state index in [-0.39, 0.29) is 0 Å². The van der Waals surface area contributed by atoms with Gasteiger partial charge in [-0.15, -0.1) is 0 Å². The monoisotopic (exact) mass is 397 g/mol. The minimum absolute atomic E-state index is 0.290. The first kappa shape index (κ1) is 19.0. The number of anilines is 1. The lowest BCUT2D eigenvalue weighted by atomic mass is 10.0. The molecule has 0 aromatic carbocycles. The van der Waals surface area contributed by atoms with E-state index in [1.165, 1.54) is 6.07 Å². The molecule has 3 aromatic heterocycles. The summed E-state index contributed by atoms with van der Waals surface area (Å²) in [5.41, 5.74) is 3.14. The third kappa shape index (κ3) is 3.44. The summed E-state index contributed by atoms with van der Waals surface area (Å²) in [7, 11) is 1.87. The van der Waals surface area contributed by atoms with Crippen molar-refractivity contribution < 1.29 is 13.2 Å². The highest BCUT2D eigenvalue weighted by atomic mass is 19.4. The summed E-state index contributed by atoms with van der Waals surface area (Å²) in [6, 6.07) is 8.90. The summed E-state index contributed by atoms with van der Waals surface area (Å²) in [6.07, 6.45) is -1.12. The Morgan fingerprint density at radius 2 is 2.03 bits per heavy atom. The molecule has 0 unspecified atom stereocenters. The zero-order valence-electron chi connectivity index (χ0n) is 16.0. The van der Waals surface area contributed by atoms with Gasteiger partial charge in [0.2, 0.25) is 0 Å². The second-order valence-corrected chi connectivity index (χ2v) is 7.14. The molecule has 4 rings (SSSR count). The van der Waals surface area contributed by atoms with E-state index in [4.69, 9.17) is 4.98 Å². The largest absolute Gasteiger partial charge is 0.417 e. The maximum Gasteiger partial charge on any atom is 0.417 e. The molecule has 0 saturated carbocycles. The number of hydrogen-bond donors (Lipinski definition) is 0. The number of nitriles is 1. The lowest BCUT2D eigenvalue weighted by Gasteiger charge is -2.31. The molecule has 3 aromatic rings. The Balaban J connectivity index is 1.75. The Labute approximate surface area is 166 Å². The van der Waals surface area contributed by atoms with Crippen molar-refractivity contribution in [2.75, 3.05) is 11.4 Å². The summed E-state index contributed by atoms with van der Waals surface area (Å²) in [6.45, 7) is 2.74. The van der Waals surface area contributed by atoms with Gasteiger partial charge in [-0.1, -0.05) is 0 Å². The molecule has 0 amide bonds. The van der Waals surface area contributed by atoms with E-state index in [0.29, 0.717) is 47.8 Å². The molecule has 4 heterocycles. The SMILES string of the molecule is Cc1cc(C#N)c(-c2cccn2C)nc1N1CCc2ncc(C(F)(F)F)cc2C1. The van der Waals surface area contributed by atoms with Gasteiger partial charge in [0.05, 0.1) is 16.8 Å². The zero-order valence-corrected chi connectivity index (χ0v) is 16.0. The predicted octanol–water partition coefficient (Wildman–Crippen LogP) is 4.24. The minimum atomic E-state index is -4.42. The van der Waals surface area contributed by atoms with Gasteiger partial charge in [0.15, 0.2) is 0 Å². The average Bonchev–Trinajstić information content (AvgIpc) is 3.11. The van der Waals surface area contributed by atoms with Crippen LogP contribution >= 0.6 is 0 Å². The van der Waals surface area contributed by atoms with Crippen LogP contribution in [0.3, 0.4) is 0 Å². The van der Waals surface area contributed by atoms with Crippen LogP contribution in [0.2, 0.25) is 0 Å². The normalized spacial score (nSPS) is 13.9. The van der Waals surface area contributed by atoms with Crippen LogP contribution in [0.25, 0.3) is 11.4 Å². The van der Waals surface area contributed by atoms with Gasteiger partial charge in [-0.05, 0) is 42.3 Å². The van der Waals surface area contributed by atoms with E-state index in [9.17, 15) is 18.4 Å². The van der Waals surface area contributed by atoms with E-state index in [1.807, 2.05) is 41.8 Å². The topological polar surface area (TPSA) is 57.7 Å². The number of nitrogens with zero attached hydrogens (tertiary/aromatic N) is 5. The van der Waals surface area contributed by atoms with E-state index in [0.717, 1.165) is 17.5 Å². The third-order valence-corrected chi connectivity index (χ3v) is 5.16. The van der Waals surface area contributed by atoms with E-state index < -0.39 is 11.7 Å². The standard InChI is InChI=1S/C21H18F3N5/c1-13-8-14(10-25)19(18-4-3-6-28(18)2)27-20(13)29-7-5-17-15(12-29)9-16(11-26-17)21(22,23)24/h3-4,6,8-9,11H,5,7,12H2,1-2H3. The van der Waals surface area contributed by atoms with Gasteiger partial charge >= 0.3 is 6.18 Å². The molecular formula is C21H18F3N5. The van der Waals surface area contributed by atoms with Gasteiger partial charge in [0, 0.05) is 44.6 Å². The summed E-state index contributed by atoms with van der Waals surface area (Å²) < 4.78 is 41.1. The van der Waals surface area contributed by atoms with Crippen molar-refractivity contribution in [2.45, 2.75) is 26.1 Å². The maximum absolute atomic E-state index is 13.1. The van der Waals surface area contributed by atoms with E-state index in [1.54, 1.807) is 6.07 Å². The molecule has 5 nitrogen and oxygen atoms in total. The number of aromatic nitrogens is 3. The van der Waals surface area contributed by atoms with Crippen LogP contribution < -0.4 is 4.90 Å². The smallest absolute Gasteiger partial charge is 0.352 e. The van der Waals surface area contributed by atoms with Crippen LogP contribution in [0.4, 0.5) is 19.0 Å². The van der Waals surface area contributed by atoms with E-state index >= 15 is 0 Å². The molecule has 148 valence electrons. The quantitative estimate of drug-likeness (QED) is 0.649. The molecule has 0 atom stereocenters. The van der Waals surface area contributed by atoms with Gasteiger partial charge < -0.3 is 9.47 Å². The fourth-order valence-electron chi connectivity index (χ4n) is 3.67. The van der Waals surface area contributed by atoms with Gasteiger partial charge in [-0.25, -0.2) is 4.98 Å². The molecule has 1 aliphatic heterocycles. The number of rotatable bonds is 2. The molecule has 0 saturated heterocycles. The van der Waals surface area contributed by atoms with Crippen molar-refractivity contribution >= 4 is 5.82 Å². The summed E-state index contributed by atoms with van der Waals surface area (Å²) in [5, 5.41) is 9.54. The van der Waals surface area contributed by atoms with Crippen molar-refractivity contribution in [3.8, 4) is 17.5 Å². The fourth-order valence-corrected chi connectivity index (χ4v) is 3.67. The Hall–Kier alpha value is -3.34. The van der Waals surface area contributed by atoms with Gasteiger partial charge in [-0.3, -0.25) is 4.98 Å². The molecule has 1 aliphatic rings. The van der Waals surface area contributed by atoms with Crippen LogP contribution in [-0.2, 0) is 26.2 Å². The molecule has 0 N–H and O–H groups in total. The first-order valence-electron chi connectivity index (χ1n) is 9.11. The lowest BCUT2D eigenvalue weighted by molar-refractivity contribution is -0.137. The number of aryl methyl sites for hydroxylation is 2. The Bertz CT molecular complexity index is 1120. The summed E-state index contributed by atoms with van der Waals surface area (Å²) in [4.78, 5) is 10.7. The highest BCUT2D eigenvalue weighted by Crippen LogP contribution is 2.33. The number of pyridine rings is 2. The first-order valence-corrected chi connectivity index (χ1v) is 9.11. The van der Waals surface area contributed by atoms with Crippen molar-refractivity contribution in [1.29, 1.82) is 5.26 Å². The van der Waals surface area contributed by atoms with Crippen LogP contribution in [0.5, 0.6) is 0 Å². The van der Waals surface area contributed by atoms with Crippen LogP contribution in [0.15, 0.2) is 36.7 Å². The summed E-state index contributed by atoms with van der Waals surface area (Å²) in [5.74, 6) is 0.670. The highest BCUT2D eigenvalue weighted by molar-refractivity contribution is 5.68. The van der Waals surface area contributed by atoms with Crippen molar-refractivity contribution in [2.24, 2.45) is 7.05 Å². The number of halogens is 3. The Morgan fingerprint density at radius 3 is 2.69 bits per heavy atom. The van der Waals surface area contributed by atoms with Gasteiger partial charge in [0.1, 0.15) is 17.6 Å². The average molecular weight is 397 g/mol. The second-order valence-electron chi connectivity index (χ2n) is 7.14. The molecule has 8 heteroatoms. The molecule has 0 spiro atoms. The second kappa shape index (κ2) is 6.92. The molecule has 0 aliphatic carbocycles. The lowest BCUT2D eigenvalue weighted by Crippen LogP contribution is -2.32. The maximum atomic E-state index is 13.1. The Kier molecular flexibility index (Phi) is 4.53. The van der Waals surface area contributed by atoms with Crippen LogP contribution in [0, 0.1) is 18.3 Å². The summed E-state index contributed by atoms with van der Waals surface area (Å²) >= 11 is 0. The predicted molar refractivity (Wildman–Crippen MR) is 102 cm³/mol. The van der Waals surface area contributed by atoms with Crippen LogP contribution in [0.1, 0.15) is 27.9 Å². The fraction of sp³-hybridized carbons (Fsp3) is 0.286. The molecule has 0 fully saturated rings. The molecule has 0 bridgehead atoms. The van der Waals surface area contributed by atoms with Gasteiger partial charge in [0.25, 0.3) is 0 Å². The van der Waals surface area contributed by atoms with Gasteiger partial charge in [-0.2, -0.15) is 18.4 Å². The third-order valence-electron chi connectivity index (χ3n) is 5.16. The van der Waals surface area contributed by atoms with Crippen molar-refractivity contribution in [3.05, 3.63) is 64.6 Å². The zero-order chi connectivity index (χ0) is 20.8. The highest BCUT2D eigenvalue weighted by Gasteiger charge is 2.32. The van der Waals surface area contributed by atoms with Crippen LogP contribution in [-0.4, -0.2) is 21.1 Å². The number of alkyl halides is 3. The molecule has 29 heavy (non-hydrogen) atoms. The first-order chi connectivity index (χ1) is 13.8.